The van der Waals surface area contributed by atoms with E-state index in [9.17, 15) is 5.11 Å². The highest BCUT2D eigenvalue weighted by atomic mass is 16.3. The molecule has 0 radical (unpaired) electrons. The van der Waals surface area contributed by atoms with E-state index in [0.717, 1.165) is 25.9 Å². The van der Waals surface area contributed by atoms with Gasteiger partial charge in [-0.05, 0) is 38.3 Å². The summed E-state index contributed by atoms with van der Waals surface area (Å²) in [4.78, 5) is 6.34. The van der Waals surface area contributed by atoms with Gasteiger partial charge in [0.15, 0.2) is 0 Å². The van der Waals surface area contributed by atoms with Crippen molar-refractivity contribution in [2.45, 2.75) is 32.3 Å². The minimum atomic E-state index is -0.548. The molecule has 1 atom stereocenters. The molecule has 1 saturated heterocycles. The van der Waals surface area contributed by atoms with Gasteiger partial charge in [0.1, 0.15) is 0 Å². The van der Waals surface area contributed by atoms with Crippen molar-refractivity contribution in [2.75, 3.05) is 18.0 Å². The Hall–Kier alpha value is -1.09. The van der Waals surface area contributed by atoms with Crippen molar-refractivity contribution in [3.8, 4) is 0 Å². The molecular formula is C12H18N2O. The number of pyridine rings is 1. The number of rotatable bonds is 1. The second-order valence-corrected chi connectivity index (χ2v) is 4.68. The molecule has 1 aromatic rings. The fraction of sp³-hybridized carbons (Fsp3) is 0.583. The van der Waals surface area contributed by atoms with E-state index in [1.807, 2.05) is 25.4 Å². The predicted octanol–water partition coefficient (Wildman–Crippen LogP) is 1.74. The highest BCUT2D eigenvalue weighted by molar-refractivity contribution is 5.52. The average molecular weight is 206 g/mol. The summed E-state index contributed by atoms with van der Waals surface area (Å²) in [7, 11) is 0. The Kier molecular flexibility index (Phi) is 2.65. The quantitative estimate of drug-likeness (QED) is 0.760. The van der Waals surface area contributed by atoms with Crippen molar-refractivity contribution in [3.05, 3.63) is 24.0 Å². The number of anilines is 1. The molecule has 3 nitrogen and oxygen atoms in total. The van der Waals surface area contributed by atoms with Crippen LogP contribution < -0.4 is 4.90 Å². The number of hydrogen-bond acceptors (Lipinski definition) is 3. The number of β-amino-alcohol motifs (C(OH)–C–C–N with tert-alkyl or cyclic N) is 1. The predicted molar refractivity (Wildman–Crippen MR) is 61.0 cm³/mol. The van der Waals surface area contributed by atoms with E-state index in [-0.39, 0.29) is 0 Å². The smallest absolute Gasteiger partial charge is 0.0794 e. The molecule has 82 valence electrons. The number of nitrogens with zero attached hydrogens (tertiary/aromatic N) is 2. The maximum atomic E-state index is 10.0. The van der Waals surface area contributed by atoms with Crippen LogP contribution in [0.2, 0.25) is 0 Å². The van der Waals surface area contributed by atoms with E-state index in [4.69, 9.17) is 0 Å². The molecule has 1 aliphatic rings. The molecule has 0 aliphatic carbocycles. The number of aryl methyl sites for hydroxylation is 1. The third-order valence-electron chi connectivity index (χ3n) is 3.01. The maximum Gasteiger partial charge on any atom is 0.0794 e. The third kappa shape index (κ3) is 2.29. The molecule has 0 saturated carbocycles. The van der Waals surface area contributed by atoms with E-state index in [2.05, 4.69) is 16.8 Å². The minimum absolute atomic E-state index is 0.548. The van der Waals surface area contributed by atoms with Crippen LogP contribution in [0, 0.1) is 6.92 Å². The molecule has 0 spiro atoms. The summed E-state index contributed by atoms with van der Waals surface area (Å²) in [6.07, 6.45) is 5.63. The summed E-state index contributed by atoms with van der Waals surface area (Å²) in [6, 6.07) is 2.02. The first kappa shape index (κ1) is 10.4. The standard InChI is InChI=1S/C12H18N2O/c1-10-8-13-6-4-11(10)14-7-3-5-12(2,15)9-14/h4,6,8,15H,3,5,7,9H2,1-2H3. The van der Waals surface area contributed by atoms with Crippen LogP contribution in [0.1, 0.15) is 25.3 Å². The van der Waals surface area contributed by atoms with Crippen molar-refractivity contribution in [1.82, 2.24) is 4.98 Å². The molecule has 1 aliphatic heterocycles. The van der Waals surface area contributed by atoms with Crippen LogP contribution in [0.3, 0.4) is 0 Å². The molecule has 1 N–H and O–H groups in total. The zero-order valence-electron chi connectivity index (χ0n) is 9.40. The second kappa shape index (κ2) is 3.81. The molecule has 1 aromatic heterocycles. The Morgan fingerprint density at radius 1 is 1.53 bits per heavy atom. The summed E-state index contributed by atoms with van der Waals surface area (Å²) in [5.74, 6) is 0. The molecule has 15 heavy (non-hydrogen) atoms. The van der Waals surface area contributed by atoms with Gasteiger partial charge < -0.3 is 10.0 Å². The van der Waals surface area contributed by atoms with Crippen LogP contribution in [-0.2, 0) is 0 Å². The second-order valence-electron chi connectivity index (χ2n) is 4.68. The number of piperidine rings is 1. The highest BCUT2D eigenvalue weighted by Gasteiger charge is 2.28. The molecule has 1 fully saturated rings. The fourth-order valence-corrected chi connectivity index (χ4v) is 2.25. The highest BCUT2D eigenvalue weighted by Crippen LogP contribution is 2.27. The summed E-state index contributed by atoms with van der Waals surface area (Å²) in [5.41, 5.74) is 1.83. The molecule has 0 bridgehead atoms. The van der Waals surface area contributed by atoms with Gasteiger partial charge in [0, 0.05) is 31.2 Å². The van der Waals surface area contributed by atoms with Crippen molar-refractivity contribution in [3.63, 3.8) is 0 Å². The number of aromatic nitrogens is 1. The van der Waals surface area contributed by atoms with Gasteiger partial charge in [-0.25, -0.2) is 0 Å². The van der Waals surface area contributed by atoms with Gasteiger partial charge >= 0.3 is 0 Å². The monoisotopic (exact) mass is 206 g/mol. The Morgan fingerprint density at radius 2 is 2.33 bits per heavy atom. The lowest BCUT2D eigenvalue weighted by Gasteiger charge is -2.38. The molecule has 2 rings (SSSR count). The van der Waals surface area contributed by atoms with Crippen LogP contribution in [0.4, 0.5) is 5.69 Å². The molecular weight excluding hydrogens is 188 g/mol. The van der Waals surface area contributed by atoms with E-state index in [1.54, 1.807) is 0 Å². The lowest BCUT2D eigenvalue weighted by atomic mass is 9.94. The van der Waals surface area contributed by atoms with E-state index < -0.39 is 5.60 Å². The molecule has 3 heteroatoms. The maximum absolute atomic E-state index is 10.0. The van der Waals surface area contributed by atoms with Crippen molar-refractivity contribution in [1.29, 1.82) is 0 Å². The lowest BCUT2D eigenvalue weighted by Crippen LogP contribution is -2.46. The Balaban J connectivity index is 2.21. The van der Waals surface area contributed by atoms with Crippen LogP contribution >= 0.6 is 0 Å². The Labute approximate surface area is 90.8 Å². The van der Waals surface area contributed by atoms with Gasteiger partial charge in [0.05, 0.1) is 5.60 Å². The average Bonchev–Trinajstić information content (AvgIpc) is 2.17. The van der Waals surface area contributed by atoms with E-state index in [1.165, 1.54) is 11.3 Å². The summed E-state index contributed by atoms with van der Waals surface area (Å²) >= 11 is 0. The largest absolute Gasteiger partial charge is 0.388 e. The van der Waals surface area contributed by atoms with Crippen LogP contribution in [0.25, 0.3) is 0 Å². The van der Waals surface area contributed by atoms with Gasteiger partial charge in [-0.2, -0.15) is 0 Å². The van der Waals surface area contributed by atoms with Gasteiger partial charge in [-0.15, -0.1) is 0 Å². The Bertz CT molecular complexity index is 349. The number of aliphatic hydroxyl groups is 1. The van der Waals surface area contributed by atoms with E-state index in [0.29, 0.717) is 0 Å². The third-order valence-corrected chi connectivity index (χ3v) is 3.01. The molecule has 2 heterocycles. The Morgan fingerprint density at radius 3 is 3.00 bits per heavy atom. The topological polar surface area (TPSA) is 36.4 Å². The summed E-state index contributed by atoms with van der Waals surface area (Å²) < 4.78 is 0. The van der Waals surface area contributed by atoms with Gasteiger partial charge in [-0.1, -0.05) is 0 Å². The minimum Gasteiger partial charge on any atom is -0.388 e. The SMILES string of the molecule is Cc1cnccc1N1CCCC(C)(O)C1. The number of hydrogen-bond donors (Lipinski definition) is 1. The normalized spacial score (nSPS) is 26.7. The molecule has 1 unspecified atom stereocenters. The van der Waals surface area contributed by atoms with Crippen LogP contribution in [0.5, 0.6) is 0 Å². The zero-order valence-corrected chi connectivity index (χ0v) is 9.40. The first-order chi connectivity index (χ1) is 7.08. The summed E-state index contributed by atoms with van der Waals surface area (Å²) in [5, 5.41) is 10.0. The van der Waals surface area contributed by atoms with Crippen LogP contribution in [0.15, 0.2) is 18.5 Å². The first-order valence-corrected chi connectivity index (χ1v) is 5.46. The lowest BCUT2D eigenvalue weighted by molar-refractivity contribution is 0.0449. The van der Waals surface area contributed by atoms with Gasteiger partial charge in [0.25, 0.3) is 0 Å². The molecule has 0 aromatic carbocycles. The zero-order chi connectivity index (χ0) is 10.9. The van der Waals surface area contributed by atoms with Crippen molar-refractivity contribution in [2.24, 2.45) is 0 Å². The summed E-state index contributed by atoms with van der Waals surface area (Å²) in [6.45, 7) is 5.72. The van der Waals surface area contributed by atoms with E-state index >= 15 is 0 Å². The molecule has 0 amide bonds. The van der Waals surface area contributed by atoms with Crippen molar-refractivity contribution >= 4 is 5.69 Å². The van der Waals surface area contributed by atoms with Crippen LogP contribution in [-0.4, -0.2) is 28.8 Å². The van der Waals surface area contributed by atoms with Gasteiger partial charge in [-0.3, -0.25) is 4.98 Å². The van der Waals surface area contributed by atoms with Crippen molar-refractivity contribution < 1.29 is 5.11 Å². The fourth-order valence-electron chi connectivity index (χ4n) is 2.25. The first-order valence-electron chi connectivity index (χ1n) is 5.46. The van der Waals surface area contributed by atoms with Gasteiger partial charge in [0.2, 0.25) is 0 Å².